The van der Waals surface area contributed by atoms with Gasteiger partial charge in [0.15, 0.2) is 0 Å². The van der Waals surface area contributed by atoms with E-state index in [1.807, 2.05) is 12.2 Å². The molecule has 1 aliphatic rings. The fourth-order valence-electron chi connectivity index (χ4n) is 9.43. The zero-order valence-corrected chi connectivity index (χ0v) is 36.9. The number of fused-ring (bicyclic) bond motifs is 3. The second-order valence-electron chi connectivity index (χ2n) is 17.1. The summed E-state index contributed by atoms with van der Waals surface area (Å²) in [5.41, 5.74) is 21.1. The molecule has 10 rings (SSSR count). The highest BCUT2D eigenvalue weighted by atomic mass is 15.1. The highest BCUT2D eigenvalue weighted by Gasteiger charge is 2.35. The van der Waals surface area contributed by atoms with Gasteiger partial charge in [-0.1, -0.05) is 197 Å². The Morgan fingerprint density at radius 3 is 1.15 bits per heavy atom. The average molecular weight is 835 g/mol. The van der Waals surface area contributed by atoms with E-state index in [0.717, 1.165) is 56.4 Å². The van der Waals surface area contributed by atoms with Crippen LogP contribution in [0.2, 0.25) is 0 Å². The van der Waals surface area contributed by atoms with E-state index in [2.05, 4.69) is 261 Å². The van der Waals surface area contributed by atoms with Crippen molar-refractivity contribution in [3.05, 3.63) is 273 Å². The second-order valence-corrected chi connectivity index (χ2v) is 17.1. The van der Waals surface area contributed by atoms with Gasteiger partial charge in [-0.25, -0.2) is 0 Å². The van der Waals surface area contributed by atoms with Crippen molar-refractivity contribution in [3.8, 4) is 44.5 Å². The van der Waals surface area contributed by atoms with Crippen LogP contribution in [0.4, 0.5) is 34.1 Å². The minimum Gasteiger partial charge on any atom is -0.311 e. The first-order chi connectivity index (χ1) is 31.9. The summed E-state index contributed by atoms with van der Waals surface area (Å²) in [6.45, 7) is 12.6. The van der Waals surface area contributed by atoms with Gasteiger partial charge in [0.05, 0.1) is 0 Å². The van der Waals surface area contributed by atoms with Crippen molar-refractivity contribution < 1.29 is 0 Å². The largest absolute Gasteiger partial charge is 0.311 e. The summed E-state index contributed by atoms with van der Waals surface area (Å²) in [6, 6.07) is 81.3. The minimum atomic E-state index is -0.0587. The molecule has 0 saturated carbocycles. The van der Waals surface area contributed by atoms with E-state index in [0.29, 0.717) is 0 Å². The Kier molecular flexibility index (Phi) is 11.0. The molecule has 0 aromatic heterocycles. The summed E-state index contributed by atoms with van der Waals surface area (Å²) < 4.78 is 0. The third kappa shape index (κ3) is 7.92. The number of benzene rings is 9. The number of anilines is 6. The summed E-state index contributed by atoms with van der Waals surface area (Å²) in [5, 5.41) is 0. The quantitative estimate of drug-likeness (QED) is 0.113. The van der Waals surface area contributed by atoms with Gasteiger partial charge in [-0.15, -0.1) is 0 Å². The van der Waals surface area contributed by atoms with Crippen molar-refractivity contribution in [3.63, 3.8) is 0 Å². The summed E-state index contributed by atoms with van der Waals surface area (Å²) in [5.74, 6) is 0. The van der Waals surface area contributed by atoms with Crippen molar-refractivity contribution in [1.29, 1.82) is 0 Å². The first kappa shape index (κ1) is 40.8. The van der Waals surface area contributed by atoms with Gasteiger partial charge in [-0.3, -0.25) is 0 Å². The molecule has 0 N–H and O–H groups in total. The molecule has 0 fully saturated rings. The van der Waals surface area contributed by atoms with E-state index in [1.54, 1.807) is 6.08 Å². The fraction of sp³-hybridized carbons (Fsp3) is 0.0476. The Morgan fingerprint density at radius 1 is 0.369 bits per heavy atom. The normalized spacial score (nSPS) is 12.5. The SMILES string of the molecule is C=C/C=C(\C=C)c1ccc(N(c2ccc(-c3ccccc3)cc2)c2ccc(-c3ccc(N(c4ccc(-c5ccccc5)cc4)c4ccc5c(c4)-c4ccccc4C5(C)C)cc3)cc2)cc1. The van der Waals surface area contributed by atoms with Crippen molar-refractivity contribution in [1.82, 2.24) is 0 Å². The van der Waals surface area contributed by atoms with Crippen molar-refractivity contribution in [2.45, 2.75) is 19.3 Å². The number of nitrogens with zero attached hydrogens (tertiary/aromatic N) is 2. The highest BCUT2D eigenvalue weighted by Crippen LogP contribution is 2.51. The van der Waals surface area contributed by atoms with Crippen LogP contribution in [0.1, 0.15) is 30.5 Å². The Bertz CT molecular complexity index is 3140. The van der Waals surface area contributed by atoms with E-state index in [-0.39, 0.29) is 5.41 Å². The van der Waals surface area contributed by atoms with E-state index in [9.17, 15) is 0 Å². The fourth-order valence-corrected chi connectivity index (χ4v) is 9.43. The van der Waals surface area contributed by atoms with Crippen LogP contribution < -0.4 is 9.80 Å². The lowest BCUT2D eigenvalue weighted by Gasteiger charge is -2.27. The number of allylic oxidation sites excluding steroid dienone is 4. The number of hydrogen-bond donors (Lipinski definition) is 0. The molecule has 65 heavy (non-hydrogen) atoms. The van der Waals surface area contributed by atoms with E-state index < -0.39 is 0 Å². The first-order valence-electron chi connectivity index (χ1n) is 22.3. The molecule has 0 heterocycles. The van der Waals surface area contributed by atoms with Gasteiger partial charge < -0.3 is 9.80 Å². The molecule has 0 bridgehead atoms. The highest BCUT2D eigenvalue weighted by molar-refractivity contribution is 5.88. The molecule has 312 valence electrons. The standard InChI is InChI=1S/C63H50N2/c1-5-15-45(6-2)48-22-32-53(33-23-48)64(54-34-24-49(25-35-54)46-16-9-7-10-17-46)55-36-28-51(29-37-55)52-30-40-57(41-31-52)65(56-38-26-50(27-39-56)47-18-11-8-12-19-47)58-42-43-62-60(44-58)59-20-13-14-21-61(59)63(62,3)4/h5-44H,1-2H2,3-4H3/b45-15+. The molecular formula is C63H50N2. The van der Waals surface area contributed by atoms with Crippen molar-refractivity contribution >= 4 is 39.7 Å². The maximum Gasteiger partial charge on any atom is 0.0468 e. The molecule has 0 atom stereocenters. The zero-order chi connectivity index (χ0) is 44.3. The molecule has 0 aliphatic heterocycles. The molecule has 9 aromatic carbocycles. The maximum atomic E-state index is 4.02. The molecule has 1 aliphatic carbocycles. The van der Waals surface area contributed by atoms with E-state index >= 15 is 0 Å². The molecular weight excluding hydrogens is 785 g/mol. The van der Waals surface area contributed by atoms with Gasteiger partial charge in [0.2, 0.25) is 0 Å². The molecule has 2 heteroatoms. The van der Waals surface area contributed by atoms with Gasteiger partial charge in [0, 0.05) is 39.5 Å². The average Bonchev–Trinajstić information content (AvgIpc) is 3.60. The predicted molar refractivity (Wildman–Crippen MR) is 278 cm³/mol. The van der Waals surface area contributed by atoms with E-state index in [1.165, 1.54) is 44.5 Å². The Hall–Kier alpha value is -8.20. The van der Waals surface area contributed by atoms with Gasteiger partial charge in [0.1, 0.15) is 0 Å². The van der Waals surface area contributed by atoms with Gasteiger partial charge >= 0.3 is 0 Å². The molecule has 0 unspecified atom stereocenters. The van der Waals surface area contributed by atoms with Gasteiger partial charge in [-0.05, 0) is 140 Å². The third-order valence-corrected chi connectivity index (χ3v) is 12.9. The van der Waals surface area contributed by atoms with Gasteiger partial charge in [0.25, 0.3) is 0 Å². The van der Waals surface area contributed by atoms with Gasteiger partial charge in [-0.2, -0.15) is 0 Å². The van der Waals surface area contributed by atoms with Crippen LogP contribution in [0.25, 0.3) is 50.1 Å². The number of hydrogen-bond acceptors (Lipinski definition) is 2. The summed E-state index contributed by atoms with van der Waals surface area (Å²) in [4.78, 5) is 4.70. The second kappa shape index (κ2) is 17.5. The maximum absolute atomic E-state index is 4.02. The topological polar surface area (TPSA) is 6.48 Å². The molecule has 2 nitrogen and oxygen atoms in total. The smallest absolute Gasteiger partial charge is 0.0468 e. The van der Waals surface area contributed by atoms with Crippen molar-refractivity contribution in [2.75, 3.05) is 9.80 Å². The summed E-state index contributed by atoms with van der Waals surface area (Å²) >= 11 is 0. The Labute approximate surface area is 384 Å². The molecule has 0 saturated heterocycles. The van der Waals surface area contributed by atoms with Crippen LogP contribution in [0.5, 0.6) is 0 Å². The lowest BCUT2D eigenvalue weighted by atomic mass is 9.82. The lowest BCUT2D eigenvalue weighted by molar-refractivity contribution is 0.660. The Morgan fingerprint density at radius 2 is 0.723 bits per heavy atom. The molecule has 9 aromatic rings. The molecule has 0 amide bonds. The zero-order valence-electron chi connectivity index (χ0n) is 36.9. The number of rotatable bonds is 12. The molecule has 0 spiro atoms. The first-order valence-corrected chi connectivity index (χ1v) is 22.3. The summed E-state index contributed by atoms with van der Waals surface area (Å²) in [7, 11) is 0. The van der Waals surface area contributed by atoms with Crippen LogP contribution in [0.3, 0.4) is 0 Å². The predicted octanol–water partition coefficient (Wildman–Crippen LogP) is 17.7. The van der Waals surface area contributed by atoms with Crippen LogP contribution in [-0.4, -0.2) is 0 Å². The Balaban J connectivity index is 0.991. The third-order valence-electron chi connectivity index (χ3n) is 12.9. The van der Waals surface area contributed by atoms with Crippen LogP contribution >= 0.6 is 0 Å². The van der Waals surface area contributed by atoms with Crippen molar-refractivity contribution in [2.24, 2.45) is 0 Å². The van der Waals surface area contributed by atoms with E-state index in [4.69, 9.17) is 0 Å². The van der Waals surface area contributed by atoms with Crippen LogP contribution in [0, 0.1) is 0 Å². The van der Waals surface area contributed by atoms with Crippen LogP contribution in [-0.2, 0) is 5.41 Å². The van der Waals surface area contributed by atoms with Crippen LogP contribution in [0.15, 0.2) is 256 Å². The summed E-state index contributed by atoms with van der Waals surface area (Å²) in [6.07, 6.45) is 5.66. The monoisotopic (exact) mass is 834 g/mol. The minimum absolute atomic E-state index is 0.0587. The molecule has 0 radical (unpaired) electrons. The lowest BCUT2D eigenvalue weighted by Crippen LogP contribution is -2.15.